The molecule has 0 bridgehead atoms. The molecular weight excluding hydrogens is 238 g/mol. The third-order valence-electron chi connectivity index (χ3n) is 4.01. The molecule has 1 fully saturated rings. The first-order chi connectivity index (χ1) is 9.11. The first kappa shape index (κ1) is 14.5. The number of morpholine rings is 1. The van der Waals surface area contributed by atoms with Crippen LogP contribution in [0.3, 0.4) is 0 Å². The number of ether oxygens (including phenoxy) is 1. The fourth-order valence-electron chi connectivity index (χ4n) is 2.57. The quantitative estimate of drug-likeness (QED) is 0.906. The highest BCUT2D eigenvalue weighted by Crippen LogP contribution is 2.24. The topological polar surface area (TPSA) is 32.7 Å². The normalized spacial score (nSPS) is 22.7. The monoisotopic (exact) mass is 263 g/mol. The average molecular weight is 263 g/mol. The zero-order chi connectivity index (χ0) is 13.8. The molecule has 3 heteroatoms. The highest BCUT2D eigenvalue weighted by atomic mass is 16.5. The number of hydrogen-bond donors (Lipinski definition) is 1. The number of aliphatic hydroxyl groups is 1. The first-order valence-corrected chi connectivity index (χ1v) is 7.18. The maximum Gasteiger partial charge on any atom is 0.0933 e. The third kappa shape index (κ3) is 3.56. The summed E-state index contributed by atoms with van der Waals surface area (Å²) in [5.41, 5.74) is 2.72. The van der Waals surface area contributed by atoms with Crippen molar-refractivity contribution in [2.75, 3.05) is 26.3 Å². The van der Waals surface area contributed by atoms with Crippen LogP contribution < -0.4 is 0 Å². The molecule has 1 aromatic carbocycles. The van der Waals surface area contributed by atoms with Crippen molar-refractivity contribution in [2.24, 2.45) is 0 Å². The first-order valence-electron chi connectivity index (χ1n) is 7.18. The van der Waals surface area contributed by atoms with Gasteiger partial charge in [0, 0.05) is 19.1 Å². The molecule has 0 radical (unpaired) electrons. The average Bonchev–Trinajstić information content (AvgIpc) is 2.46. The van der Waals surface area contributed by atoms with Crippen molar-refractivity contribution < 1.29 is 9.84 Å². The van der Waals surface area contributed by atoms with Gasteiger partial charge in [-0.2, -0.15) is 0 Å². The smallest absolute Gasteiger partial charge is 0.0933 e. The van der Waals surface area contributed by atoms with E-state index >= 15 is 0 Å². The van der Waals surface area contributed by atoms with Gasteiger partial charge in [0.15, 0.2) is 0 Å². The number of aliphatic hydroxyl groups excluding tert-OH is 1. The summed E-state index contributed by atoms with van der Waals surface area (Å²) < 4.78 is 5.50. The summed E-state index contributed by atoms with van der Waals surface area (Å²) in [4.78, 5) is 2.38. The molecule has 2 atom stereocenters. The summed E-state index contributed by atoms with van der Waals surface area (Å²) in [5.74, 6) is 0.575. The van der Waals surface area contributed by atoms with Crippen LogP contribution in [0.15, 0.2) is 24.3 Å². The molecule has 19 heavy (non-hydrogen) atoms. The molecule has 1 saturated heterocycles. The molecule has 1 aliphatic heterocycles. The summed E-state index contributed by atoms with van der Waals surface area (Å²) >= 11 is 0. The van der Waals surface area contributed by atoms with Gasteiger partial charge in [-0.1, -0.05) is 38.1 Å². The maximum atomic E-state index is 9.21. The molecule has 0 amide bonds. The number of rotatable bonds is 4. The van der Waals surface area contributed by atoms with E-state index in [9.17, 15) is 5.11 Å². The van der Waals surface area contributed by atoms with E-state index in [1.807, 2.05) is 0 Å². The minimum absolute atomic E-state index is 0.0360. The Kier molecular flexibility index (Phi) is 4.97. The van der Waals surface area contributed by atoms with Crippen LogP contribution >= 0.6 is 0 Å². The fraction of sp³-hybridized carbons (Fsp3) is 0.625. The van der Waals surface area contributed by atoms with E-state index in [1.165, 1.54) is 11.1 Å². The second kappa shape index (κ2) is 6.51. The molecule has 1 aromatic rings. The zero-order valence-corrected chi connectivity index (χ0v) is 12.2. The van der Waals surface area contributed by atoms with Gasteiger partial charge in [-0.05, 0) is 24.0 Å². The predicted octanol–water partition coefficient (Wildman–Crippen LogP) is 2.56. The molecule has 3 nitrogen and oxygen atoms in total. The fourth-order valence-corrected chi connectivity index (χ4v) is 2.57. The Balaban J connectivity index is 2.04. The predicted molar refractivity (Wildman–Crippen MR) is 77.3 cm³/mol. The molecule has 0 spiro atoms. The SMILES string of the molecule is CC(C)c1ccc([C@H](C)N2CCO[C@@H](CO)C2)cc1. The van der Waals surface area contributed by atoms with E-state index in [-0.39, 0.29) is 12.7 Å². The highest BCUT2D eigenvalue weighted by Gasteiger charge is 2.24. The van der Waals surface area contributed by atoms with Gasteiger partial charge < -0.3 is 9.84 Å². The standard InChI is InChI=1S/C16H25NO2/c1-12(2)14-4-6-15(7-5-14)13(3)17-8-9-19-16(10-17)11-18/h4-7,12-13,16,18H,8-11H2,1-3H3/t13-,16+/m0/s1. The van der Waals surface area contributed by atoms with Crippen LogP contribution in [0.2, 0.25) is 0 Å². The number of hydrogen-bond acceptors (Lipinski definition) is 3. The summed E-state index contributed by atoms with van der Waals surface area (Å²) in [6.07, 6.45) is -0.0360. The van der Waals surface area contributed by atoms with Gasteiger partial charge in [-0.3, -0.25) is 4.90 Å². The van der Waals surface area contributed by atoms with Gasteiger partial charge >= 0.3 is 0 Å². The number of benzene rings is 1. The van der Waals surface area contributed by atoms with Gasteiger partial charge in [0.05, 0.1) is 19.3 Å². The third-order valence-corrected chi connectivity index (χ3v) is 4.01. The zero-order valence-electron chi connectivity index (χ0n) is 12.2. The summed E-state index contributed by atoms with van der Waals surface area (Å²) in [7, 11) is 0. The lowest BCUT2D eigenvalue weighted by Gasteiger charge is -2.36. The van der Waals surface area contributed by atoms with Crippen LogP contribution in [0, 0.1) is 0 Å². The Labute approximate surface area is 116 Å². The van der Waals surface area contributed by atoms with Crippen molar-refractivity contribution in [1.82, 2.24) is 4.90 Å². The van der Waals surface area contributed by atoms with Gasteiger partial charge in [0.2, 0.25) is 0 Å². The van der Waals surface area contributed by atoms with Crippen LogP contribution in [0.25, 0.3) is 0 Å². The van der Waals surface area contributed by atoms with Crippen LogP contribution in [-0.2, 0) is 4.74 Å². The second-order valence-electron chi connectivity index (χ2n) is 5.67. The van der Waals surface area contributed by atoms with Crippen molar-refractivity contribution in [3.05, 3.63) is 35.4 Å². The van der Waals surface area contributed by atoms with Gasteiger partial charge in [0.25, 0.3) is 0 Å². The van der Waals surface area contributed by atoms with Crippen molar-refractivity contribution in [3.8, 4) is 0 Å². The summed E-state index contributed by atoms with van der Waals surface area (Å²) in [6.45, 7) is 9.21. The van der Waals surface area contributed by atoms with E-state index < -0.39 is 0 Å². The van der Waals surface area contributed by atoms with Gasteiger partial charge in [-0.25, -0.2) is 0 Å². The Morgan fingerprint density at radius 1 is 1.21 bits per heavy atom. The minimum atomic E-state index is -0.0360. The molecule has 1 N–H and O–H groups in total. The van der Waals surface area contributed by atoms with Crippen LogP contribution in [0.4, 0.5) is 0 Å². The van der Waals surface area contributed by atoms with E-state index in [0.717, 1.165) is 13.1 Å². The van der Waals surface area contributed by atoms with Crippen LogP contribution in [-0.4, -0.2) is 42.4 Å². The lowest BCUT2D eigenvalue weighted by Crippen LogP contribution is -2.44. The van der Waals surface area contributed by atoms with Gasteiger partial charge in [-0.15, -0.1) is 0 Å². The molecule has 0 aliphatic carbocycles. The summed E-state index contributed by atoms with van der Waals surface area (Å²) in [6, 6.07) is 9.27. The maximum absolute atomic E-state index is 9.21. The van der Waals surface area contributed by atoms with Crippen molar-refractivity contribution in [1.29, 1.82) is 0 Å². The molecular formula is C16H25NO2. The lowest BCUT2D eigenvalue weighted by atomic mass is 9.99. The van der Waals surface area contributed by atoms with Crippen LogP contribution in [0.5, 0.6) is 0 Å². The van der Waals surface area contributed by atoms with E-state index in [1.54, 1.807) is 0 Å². The molecule has 1 aliphatic rings. The Morgan fingerprint density at radius 3 is 2.42 bits per heavy atom. The van der Waals surface area contributed by atoms with Crippen molar-refractivity contribution in [3.63, 3.8) is 0 Å². The van der Waals surface area contributed by atoms with E-state index in [2.05, 4.69) is 49.9 Å². The molecule has 0 aromatic heterocycles. The molecule has 0 unspecified atom stereocenters. The molecule has 106 valence electrons. The van der Waals surface area contributed by atoms with Gasteiger partial charge in [0.1, 0.15) is 0 Å². The molecule has 0 saturated carbocycles. The van der Waals surface area contributed by atoms with E-state index in [0.29, 0.717) is 18.6 Å². The highest BCUT2D eigenvalue weighted by molar-refractivity contribution is 5.26. The second-order valence-corrected chi connectivity index (χ2v) is 5.67. The molecule has 2 rings (SSSR count). The Hall–Kier alpha value is -0.900. The minimum Gasteiger partial charge on any atom is -0.394 e. The van der Waals surface area contributed by atoms with E-state index in [4.69, 9.17) is 4.74 Å². The molecule has 1 heterocycles. The Morgan fingerprint density at radius 2 is 1.84 bits per heavy atom. The Bertz CT molecular complexity index is 388. The number of nitrogens with zero attached hydrogens (tertiary/aromatic N) is 1. The summed E-state index contributed by atoms with van der Waals surface area (Å²) in [5, 5.41) is 9.21. The van der Waals surface area contributed by atoms with Crippen molar-refractivity contribution in [2.45, 2.75) is 38.8 Å². The van der Waals surface area contributed by atoms with Crippen molar-refractivity contribution >= 4 is 0 Å². The largest absolute Gasteiger partial charge is 0.394 e. The lowest BCUT2D eigenvalue weighted by molar-refractivity contribution is -0.0633. The van der Waals surface area contributed by atoms with Crippen LogP contribution in [0.1, 0.15) is 43.9 Å².